The molecular formula is C20H24FN3O. The number of benzene rings is 2. The minimum absolute atomic E-state index is 0.0319. The second-order valence-corrected chi connectivity index (χ2v) is 6.74. The van der Waals surface area contributed by atoms with E-state index >= 15 is 0 Å². The van der Waals surface area contributed by atoms with Gasteiger partial charge in [0, 0.05) is 44.8 Å². The summed E-state index contributed by atoms with van der Waals surface area (Å²) in [5, 5.41) is 0. The minimum atomic E-state index is -0.214. The molecule has 2 aromatic carbocycles. The van der Waals surface area contributed by atoms with Crippen LogP contribution < -0.4 is 10.5 Å². The van der Waals surface area contributed by atoms with Gasteiger partial charge in [-0.25, -0.2) is 4.39 Å². The van der Waals surface area contributed by atoms with Gasteiger partial charge in [-0.2, -0.15) is 0 Å². The normalized spacial score (nSPS) is 21.1. The first kappa shape index (κ1) is 16.5. The van der Waals surface area contributed by atoms with Crippen molar-refractivity contribution in [3.05, 3.63) is 65.0 Å². The molecule has 0 radical (unpaired) electrons. The Labute approximate surface area is 148 Å². The van der Waals surface area contributed by atoms with Crippen molar-refractivity contribution >= 4 is 0 Å². The van der Waals surface area contributed by atoms with E-state index in [-0.39, 0.29) is 11.9 Å². The lowest BCUT2D eigenvalue weighted by Gasteiger charge is -2.39. The molecule has 1 atom stereocenters. The van der Waals surface area contributed by atoms with Crippen LogP contribution in [0.5, 0.6) is 5.75 Å². The maximum Gasteiger partial charge on any atom is 0.125 e. The zero-order chi connectivity index (χ0) is 17.2. The number of piperazine rings is 1. The number of halogens is 1. The molecule has 132 valence electrons. The first-order chi connectivity index (χ1) is 12.3. The van der Waals surface area contributed by atoms with E-state index in [1.807, 2.05) is 6.07 Å². The molecule has 0 spiro atoms. The highest BCUT2D eigenvalue weighted by Crippen LogP contribution is 2.40. The molecule has 1 saturated heterocycles. The number of nitrogens with zero attached hydrogens (tertiary/aromatic N) is 2. The highest BCUT2D eigenvalue weighted by atomic mass is 19.1. The predicted octanol–water partition coefficient (Wildman–Crippen LogP) is 2.38. The fourth-order valence-electron chi connectivity index (χ4n) is 3.94. The molecule has 2 aliphatic heterocycles. The van der Waals surface area contributed by atoms with Crippen LogP contribution in [0.15, 0.2) is 42.5 Å². The molecule has 4 rings (SSSR count). The van der Waals surface area contributed by atoms with Gasteiger partial charge in [-0.3, -0.25) is 9.80 Å². The van der Waals surface area contributed by atoms with E-state index in [0.717, 1.165) is 44.0 Å². The van der Waals surface area contributed by atoms with Crippen LogP contribution in [0.1, 0.15) is 22.7 Å². The first-order valence-electron chi connectivity index (χ1n) is 8.93. The Morgan fingerprint density at radius 2 is 1.84 bits per heavy atom. The highest BCUT2D eigenvalue weighted by molar-refractivity contribution is 5.46. The molecule has 5 heteroatoms. The van der Waals surface area contributed by atoms with Gasteiger partial charge in [0.25, 0.3) is 0 Å². The number of hydrogen-bond acceptors (Lipinski definition) is 4. The monoisotopic (exact) mass is 341 g/mol. The van der Waals surface area contributed by atoms with Gasteiger partial charge in [0.2, 0.25) is 0 Å². The molecule has 0 amide bonds. The summed E-state index contributed by atoms with van der Waals surface area (Å²) in [4.78, 5) is 4.83. The van der Waals surface area contributed by atoms with Crippen LogP contribution >= 0.6 is 0 Å². The lowest BCUT2D eigenvalue weighted by molar-refractivity contribution is 0.111. The van der Waals surface area contributed by atoms with Crippen LogP contribution in [-0.4, -0.2) is 49.1 Å². The Hall–Kier alpha value is -1.95. The summed E-state index contributed by atoms with van der Waals surface area (Å²) in [6, 6.07) is 13.2. The second kappa shape index (κ2) is 7.12. The van der Waals surface area contributed by atoms with Crippen molar-refractivity contribution in [1.29, 1.82) is 0 Å². The summed E-state index contributed by atoms with van der Waals surface area (Å²) in [7, 11) is 0. The van der Waals surface area contributed by atoms with Gasteiger partial charge in [0.05, 0.1) is 6.04 Å². The van der Waals surface area contributed by atoms with Crippen molar-refractivity contribution in [2.75, 3.05) is 39.3 Å². The summed E-state index contributed by atoms with van der Waals surface area (Å²) >= 11 is 0. The summed E-state index contributed by atoms with van der Waals surface area (Å²) in [6.07, 6.45) is 0. The number of hydrogen-bond donors (Lipinski definition) is 1. The third-order valence-corrected chi connectivity index (χ3v) is 5.22. The van der Waals surface area contributed by atoms with Crippen LogP contribution in [0.3, 0.4) is 0 Å². The molecule has 1 unspecified atom stereocenters. The third-order valence-electron chi connectivity index (χ3n) is 5.22. The Bertz CT molecular complexity index is 743. The zero-order valence-corrected chi connectivity index (χ0v) is 14.3. The van der Waals surface area contributed by atoms with E-state index in [4.69, 9.17) is 10.5 Å². The molecule has 2 aliphatic rings. The number of nitrogens with two attached hydrogens (primary N) is 1. The molecule has 2 N–H and O–H groups in total. The highest BCUT2D eigenvalue weighted by Gasteiger charge is 2.31. The SMILES string of the molecule is NCCN1CCN(C2c3ccccc3COc3ccc(F)cc32)CC1. The molecule has 4 nitrogen and oxygen atoms in total. The lowest BCUT2D eigenvalue weighted by Crippen LogP contribution is -2.49. The average Bonchev–Trinajstić information content (AvgIpc) is 2.79. The second-order valence-electron chi connectivity index (χ2n) is 6.74. The molecule has 0 aliphatic carbocycles. The van der Waals surface area contributed by atoms with Crippen molar-refractivity contribution in [3.8, 4) is 5.75 Å². The van der Waals surface area contributed by atoms with E-state index in [1.165, 1.54) is 17.2 Å². The Balaban J connectivity index is 1.72. The van der Waals surface area contributed by atoms with Crippen LogP contribution in [0.2, 0.25) is 0 Å². The first-order valence-corrected chi connectivity index (χ1v) is 8.93. The summed E-state index contributed by atoms with van der Waals surface area (Å²) in [6.45, 7) is 6.00. The Kier molecular flexibility index (Phi) is 4.70. The van der Waals surface area contributed by atoms with Crippen LogP contribution in [0, 0.1) is 5.82 Å². The number of rotatable bonds is 3. The number of ether oxygens (including phenoxy) is 1. The summed E-state index contributed by atoms with van der Waals surface area (Å²) in [5.74, 6) is 0.570. The van der Waals surface area contributed by atoms with Crippen LogP contribution in [0.25, 0.3) is 0 Å². The van der Waals surface area contributed by atoms with Crippen molar-refractivity contribution in [1.82, 2.24) is 9.80 Å². The fraction of sp³-hybridized carbons (Fsp3) is 0.400. The van der Waals surface area contributed by atoms with Crippen molar-refractivity contribution < 1.29 is 9.13 Å². The zero-order valence-electron chi connectivity index (χ0n) is 14.3. The van der Waals surface area contributed by atoms with E-state index in [9.17, 15) is 4.39 Å². The molecule has 0 bridgehead atoms. The summed E-state index contributed by atoms with van der Waals surface area (Å²) in [5.41, 5.74) is 9.01. The van der Waals surface area contributed by atoms with Crippen LogP contribution in [-0.2, 0) is 6.61 Å². The molecule has 0 saturated carbocycles. The van der Waals surface area contributed by atoms with Gasteiger partial charge >= 0.3 is 0 Å². The molecule has 25 heavy (non-hydrogen) atoms. The maximum atomic E-state index is 14.0. The maximum absolute atomic E-state index is 14.0. The molecular weight excluding hydrogens is 317 g/mol. The van der Waals surface area contributed by atoms with Gasteiger partial charge in [-0.1, -0.05) is 24.3 Å². The fourth-order valence-corrected chi connectivity index (χ4v) is 3.94. The topological polar surface area (TPSA) is 41.7 Å². The minimum Gasteiger partial charge on any atom is -0.489 e. The quantitative estimate of drug-likeness (QED) is 0.931. The van der Waals surface area contributed by atoms with Crippen molar-refractivity contribution in [2.45, 2.75) is 12.6 Å². The van der Waals surface area contributed by atoms with E-state index in [2.05, 4.69) is 28.0 Å². The van der Waals surface area contributed by atoms with E-state index < -0.39 is 0 Å². The lowest BCUT2D eigenvalue weighted by atomic mass is 9.93. The van der Waals surface area contributed by atoms with Crippen molar-refractivity contribution in [3.63, 3.8) is 0 Å². The standard InChI is InChI=1S/C20H24FN3O/c21-16-5-6-19-18(13-16)20(17-4-2-1-3-15(17)14-25-19)24-11-9-23(8-7-22)10-12-24/h1-6,13,20H,7-12,14,22H2. The molecule has 0 aromatic heterocycles. The van der Waals surface area contributed by atoms with Gasteiger partial charge in [0.1, 0.15) is 18.2 Å². The van der Waals surface area contributed by atoms with E-state index in [1.54, 1.807) is 12.1 Å². The largest absolute Gasteiger partial charge is 0.489 e. The number of fused-ring (bicyclic) bond motifs is 2. The third kappa shape index (κ3) is 3.27. The van der Waals surface area contributed by atoms with Crippen molar-refractivity contribution in [2.24, 2.45) is 5.73 Å². The van der Waals surface area contributed by atoms with Gasteiger partial charge < -0.3 is 10.5 Å². The van der Waals surface area contributed by atoms with Gasteiger partial charge in [-0.05, 0) is 29.3 Å². The van der Waals surface area contributed by atoms with Crippen LogP contribution in [0.4, 0.5) is 4.39 Å². The predicted molar refractivity (Wildman–Crippen MR) is 96.1 cm³/mol. The smallest absolute Gasteiger partial charge is 0.125 e. The summed E-state index contributed by atoms with van der Waals surface area (Å²) < 4.78 is 20.0. The van der Waals surface area contributed by atoms with Gasteiger partial charge in [-0.15, -0.1) is 0 Å². The Morgan fingerprint density at radius 3 is 2.64 bits per heavy atom. The molecule has 2 aromatic rings. The Morgan fingerprint density at radius 1 is 1.04 bits per heavy atom. The average molecular weight is 341 g/mol. The molecule has 1 fully saturated rings. The van der Waals surface area contributed by atoms with E-state index in [0.29, 0.717) is 13.2 Å². The molecule has 2 heterocycles. The van der Waals surface area contributed by atoms with Gasteiger partial charge in [0.15, 0.2) is 0 Å².